The van der Waals surface area contributed by atoms with Crippen LogP contribution in [0.2, 0.25) is 0 Å². The predicted molar refractivity (Wildman–Crippen MR) is 63.2 cm³/mol. The summed E-state index contributed by atoms with van der Waals surface area (Å²) in [5.74, 6) is 0.522. The summed E-state index contributed by atoms with van der Waals surface area (Å²) in [4.78, 5) is 0. The maximum Gasteiger partial charge on any atom is 0.215 e. The van der Waals surface area contributed by atoms with Crippen LogP contribution in [0.1, 0.15) is 39.0 Å². The molecule has 0 amide bonds. The zero-order chi connectivity index (χ0) is 12.0. The first kappa shape index (κ1) is 13.5. The molecular weight excluding hydrogens is 224 g/mol. The molecule has 92 valence electrons. The van der Waals surface area contributed by atoms with E-state index >= 15 is 0 Å². The molecule has 4 nitrogen and oxygen atoms in total. The lowest BCUT2D eigenvalue weighted by Crippen LogP contribution is -2.35. The highest BCUT2D eigenvalue weighted by Gasteiger charge is 2.25. The standard InChI is InChI=1S/C11H20N2O2S/c1-2-13(9-8-12)16(14,15)10-11-6-4-3-5-7-11/h11H,2-7,9-10H2,1H3. The maximum absolute atomic E-state index is 12.0. The van der Waals surface area contributed by atoms with Gasteiger partial charge in [0.05, 0.1) is 11.8 Å². The lowest BCUT2D eigenvalue weighted by Gasteiger charge is -2.24. The van der Waals surface area contributed by atoms with Crippen LogP contribution in [0.5, 0.6) is 0 Å². The van der Waals surface area contributed by atoms with Gasteiger partial charge in [-0.3, -0.25) is 0 Å². The topological polar surface area (TPSA) is 61.2 Å². The van der Waals surface area contributed by atoms with Gasteiger partial charge < -0.3 is 0 Å². The smallest absolute Gasteiger partial charge is 0.212 e. The van der Waals surface area contributed by atoms with E-state index < -0.39 is 10.0 Å². The number of hydrogen-bond acceptors (Lipinski definition) is 3. The lowest BCUT2D eigenvalue weighted by atomic mass is 9.91. The second kappa shape index (κ2) is 6.21. The molecule has 0 radical (unpaired) electrons. The molecule has 0 spiro atoms. The van der Waals surface area contributed by atoms with Crippen molar-refractivity contribution in [2.75, 3.05) is 18.8 Å². The summed E-state index contributed by atoms with van der Waals surface area (Å²) in [5, 5.41) is 8.58. The summed E-state index contributed by atoms with van der Waals surface area (Å²) in [6, 6.07) is 1.91. The molecule has 0 N–H and O–H groups in total. The van der Waals surface area contributed by atoms with Crippen LogP contribution in [0.4, 0.5) is 0 Å². The highest BCUT2D eigenvalue weighted by atomic mass is 32.2. The van der Waals surface area contributed by atoms with Crippen LogP contribution >= 0.6 is 0 Å². The Bertz CT molecular complexity index is 339. The molecule has 1 aliphatic carbocycles. The van der Waals surface area contributed by atoms with Crippen LogP contribution in [-0.4, -0.2) is 31.6 Å². The molecule has 0 aromatic carbocycles. The Morgan fingerprint density at radius 3 is 2.44 bits per heavy atom. The number of rotatable bonds is 5. The Morgan fingerprint density at radius 1 is 1.31 bits per heavy atom. The third-order valence-electron chi connectivity index (χ3n) is 3.16. The van der Waals surface area contributed by atoms with E-state index in [9.17, 15) is 8.42 Å². The Labute approximate surface area is 98.3 Å². The van der Waals surface area contributed by atoms with E-state index in [2.05, 4.69) is 0 Å². The Balaban J connectivity index is 2.58. The van der Waals surface area contributed by atoms with Crippen molar-refractivity contribution >= 4 is 10.0 Å². The first-order valence-electron chi connectivity index (χ1n) is 5.95. The average Bonchev–Trinajstić information content (AvgIpc) is 2.26. The average molecular weight is 244 g/mol. The van der Waals surface area contributed by atoms with Crippen molar-refractivity contribution < 1.29 is 8.42 Å². The van der Waals surface area contributed by atoms with Crippen LogP contribution in [0.15, 0.2) is 0 Å². The minimum absolute atomic E-state index is 0.0223. The van der Waals surface area contributed by atoms with Gasteiger partial charge in [0.15, 0.2) is 0 Å². The van der Waals surface area contributed by atoms with Gasteiger partial charge in [-0.25, -0.2) is 8.42 Å². The zero-order valence-electron chi connectivity index (χ0n) is 9.85. The van der Waals surface area contributed by atoms with Crippen molar-refractivity contribution in [1.82, 2.24) is 4.31 Å². The minimum atomic E-state index is -3.22. The van der Waals surface area contributed by atoms with Gasteiger partial charge in [-0.05, 0) is 18.8 Å². The summed E-state index contributed by atoms with van der Waals surface area (Å²) in [7, 11) is -3.22. The molecule has 5 heteroatoms. The van der Waals surface area contributed by atoms with E-state index in [4.69, 9.17) is 5.26 Å². The van der Waals surface area contributed by atoms with Crippen LogP contribution in [-0.2, 0) is 10.0 Å². The summed E-state index contributed by atoms with van der Waals surface area (Å²) in [5.41, 5.74) is 0. The van der Waals surface area contributed by atoms with Gasteiger partial charge >= 0.3 is 0 Å². The highest BCUT2D eigenvalue weighted by Crippen LogP contribution is 2.25. The van der Waals surface area contributed by atoms with Crippen molar-refractivity contribution in [2.24, 2.45) is 5.92 Å². The molecule has 0 aliphatic heterocycles. The second-order valence-electron chi connectivity index (χ2n) is 4.37. The predicted octanol–water partition coefficient (Wildman–Crippen LogP) is 1.74. The second-order valence-corrected chi connectivity index (χ2v) is 6.38. The summed E-state index contributed by atoms with van der Waals surface area (Å²) in [6.45, 7) is 2.14. The third kappa shape index (κ3) is 3.76. The molecule has 16 heavy (non-hydrogen) atoms. The Morgan fingerprint density at radius 2 is 1.94 bits per heavy atom. The van der Waals surface area contributed by atoms with E-state index in [1.807, 2.05) is 6.07 Å². The number of hydrogen-bond donors (Lipinski definition) is 0. The van der Waals surface area contributed by atoms with E-state index in [-0.39, 0.29) is 12.3 Å². The molecule has 0 saturated heterocycles. The highest BCUT2D eigenvalue weighted by molar-refractivity contribution is 7.89. The molecule has 0 aromatic heterocycles. The molecule has 0 bridgehead atoms. The minimum Gasteiger partial charge on any atom is -0.212 e. The summed E-state index contributed by atoms with van der Waals surface area (Å²) in [6.07, 6.45) is 5.55. The van der Waals surface area contributed by atoms with Gasteiger partial charge in [0, 0.05) is 6.54 Å². The quantitative estimate of drug-likeness (QED) is 0.692. The van der Waals surface area contributed by atoms with Gasteiger partial charge in [-0.15, -0.1) is 0 Å². The summed E-state index contributed by atoms with van der Waals surface area (Å²) < 4.78 is 25.3. The van der Waals surface area contributed by atoms with E-state index in [1.165, 1.54) is 10.7 Å². The molecule has 1 fully saturated rings. The van der Waals surface area contributed by atoms with Crippen molar-refractivity contribution in [1.29, 1.82) is 5.26 Å². The fourth-order valence-corrected chi connectivity index (χ4v) is 4.03. The number of nitrogens with zero attached hydrogens (tertiary/aromatic N) is 2. The molecular formula is C11H20N2O2S. The fourth-order valence-electron chi connectivity index (χ4n) is 2.24. The largest absolute Gasteiger partial charge is 0.215 e. The number of nitriles is 1. The lowest BCUT2D eigenvalue weighted by molar-refractivity contribution is 0.374. The normalized spacial score (nSPS) is 18.6. The van der Waals surface area contributed by atoms with Crippen molar-refractivity contribution in [3.05, 3.63) is 0 Å². The summed E-state index contributed by atoms with van der Waals surface area (Å²) >= 11 is 0. The first-order valence-corrected chi connectivity index (χ1v) is 7.56. The van der Waals surface area contributed by atoms with Gasteiger partial charge in [-0.1, -0.05) is 26.2 Å². The van der Waals surface area contributed by atoms with E-state index in [1.54, 1.807) is 6.92 Å². The van der Waals surface area contributed by atoms with Crippen LogP contribution in [0, 0.1) is 17.2 Å². The molecule has 0 aromatic rings. The number of sulfonamides is 1. The Kier molecular flexibility index (Phi) is 5.23. The van der Waals surface area contributed by atoms with Gasteiger partial charge in [0.1, 0.15) is 6.54 Å². The first-order chi connectivity index (χ1) is 7.60. The van der Waals surface area contributed by atoms with Crippen molar-refractivity contribution in [2.45, 2.75) is 39.0 Å². The molecule has 0 unspecified atom stereocenters. The molecule has 0 atom stereocenters. The van der Waals surface area contributed by atoms with Crippen molar-refractivity contribution in [3.8, 4) is 6.07 Å². The molecule has 1 aliphatic rings. The Hall–Kier alpha value is -0.600. The van der Waals surface area contributed by atoms with Gasteiger partial charge in [0.25, 0.3) is 0 Å². The molecule has 0 heterocycles. The molecule has 1 saturated carbocycles. The van der Waals surface area contributed by atoms with E-state index in [0.29, 0.717) is 12.5 Å². The maximum atomic E-state index is 12.0. The molecule has 1 rings (SSSR count). The van der Waals surface area contributed by atoms with Crippen LogP contribution < -0.4 is 0 Å². The van der Waals surface area contributed by atoms with Gasteiger partial charge in [-0.2, -0.15) is 9.57 Å². The SMILES string of the molecule is CCN(CC#N)S(=O)(=O)CC1CCCCC1. The fraction of sp³-hybridized carbons (Fsp3) is 0.909. The van der Waals surface area contributed by atoms with E-state index in [0.717, 1.165) is 25.7 Å². The van der Waals surface area contributed by atoms with Crippen LogP contribution in [0.25, 0.3) is 0 Å². The monoisotopic (exact) mass is 244 g/mol. The van der Waals surface area contributed by atoms with Crippen LogP contribution in [0.3, 0.4) is 0 Å². The third-order valence-corrected chi connectivity index (χ3v) is 5.23. The van der Waals surface area contributed by atoms with Gasteiger partial charge in [0.2, 0.25) is 10.0 Å². The zero-order valence-corrected chi connectivity index (χ0v) is 10.7. The van der Waals surface area contributed by atoms with Crippen molar-refractivity contribution in [3.63, 3.8) is 0 Å².